The minimum absolute atomic E-state index is 0.0920. The number of methoxy groups -OCH3 is 1. The van der Waals surface area contributed by atoms with E-state index in [4.69, 9.17) is 5.14 Å². The van der Waals surface area contributed by atoms with Gasteiger partial charge in [-0.25, -0.2) is 18.4 Å². The van der Waals surface area contributed by atoms with Crippen LogP contribution in [-0.2, 0) is 24.3 Å². The minimum Gasteiger partial charge on any atom is -0.468 e. The zero-order chi connectivity index (χ0) is 17.5. The molecule has 0 saturated heterocycles. The average Bonchev–Trinajstić information content (AvgIpc) is 2.50. The Bertz CT molecular complexity index is 686. The lowest BCUT2D eigenvalue weighted by Gasteiger charge is -2.08. The maximum Gasteiger partial charge on any atom is 0.325 e. The lowest BCUT2D eigenvalue weighted by atomic mass is 10.3. The lowest BCUT2D eigenvalue weighted by Crippen LogP contribution is -2.40. The highest BCUT2D eigenvalue weighted by molar-refractivity contribution is 7.89. The van der Waals surface area contributed by atoms with E-state index in [9.17, 15) is 22.8 Å². The van der Waals surface area contributed by atoms with Gasteiger partial charge in [-0.05, 0) is 24.3 Å². The Kier molecular flexibility index (Phi) is 6.48. The highest BCUT2D eigenvalue weighted by Crippen LogP contribution is 2.12. The number of carbonyl (C=O) groups is 3. The van der Waals surface area contributed by atoms with Crippen molar-refractivity contribution < 1.29 is 27.5 Å². The van der Waals surface area contributed by atoms with E-state index in [2.05, 4.69) is 20.7 Å². The number of urea groups is 1. The third kappa shape index (κ3) is 6.76. The number of hydrogen-bond acceptors (Lipinski definition) is 6. The fourth-order valence-electron chi connectivity index (χ4n) is 1.37. The maximum absolute atomic E-state index is 11.6. The van der Waals surface area contributed by atoms with Gasteiger partial charge in [-0.3, -0.25) is 9.59 Å². The Morgan fingerprint density at radius 3 is 2.22 bits per heavy atom. The van der Waals surface area contributed by atoms with E-state index >= 15 is 0 Å². The van der Waals surface area contributed by atoms with Crippen LogP contribution in [0.5, 0.6) is 0 Å². The Morgan fingerprint density at radius 1 is 1.09 bits per heavy atom. The van der Waals surface area contributed by atoms with Gasteiger partial charge in [0.15, 0.2) is 0 Å². The number of rotatable bonds is 6. The second-order valence-electron chi connectivity index (χ2n) is 4.23. The van der Waals surface area contributed by atoms with Gasteiger partial charge < -0.3 is 20.7 Å². The summed E-state index contributed by atoms with van der Waals surface area (Å²) in [6.07, 6.45) is 0. The van der Waals surface area contributed by atoms with Crippen molar-refractivity contribution in [1.82, 2.24) is 10.6 Å². The molecule has 3 amide bonds. The van der Waals surface area contributed by atoms with E-state index in [1.807, 2.05) is 0 Å². The van der Waals surface area contributed by atoms with Gasteiger partial charge in [-0.2, -0.15) is 0 Å². The van der Waals surface area contributed by atoms with Crippen LogP contribution in [0.4, 0.5) is 10.5 Å². The molecule has 1 aromatic rings. The molecule has 0 spiro atoms. The largest absolute Gasteiger partial charge is 0.468 e. The topological polar surface area (TPSA) is 157 Å². The molecule has 0 unspecified atom stereocenters. The molecule has 23 heavy (non-hydrogen) atoms. The van der Waals surface area contributed by atoms with E-state index in [1.54, 1.807) is 0 Å². The van der Waals surface area contributed by atoms with Crippen LogP contribution < -0.4 is 21.1 Å². The molecule has 10 nitrogen and oxygen atoms in total. The van der Waals surface area contributed by atoms with Gasteiger partial charge in [-0.1, -0.05) is 0 Å². The Hall–Kier alpha value is -2.66. The quantitative estimate of drug-likeness (QED) is 0.472. The van der Waals surface area contributed by atoms with Crippen LogP contribution in [0.15, 0.2) is 29.2 Å². The average molecular weight is 344 g/mol. The fourth-order valence-corrected chi connectivity index (χ4v) is 1.88. The number of sulfonamides is 1. The number of nitrogens with two attached hydrogens (primary N) is 1. The van der Waals surface area contributed by atoms with E-state index in [0.29, 0.717) is 5.69 Å². The first-order chi connectivity index (χ1) is 10.7. The number of anilines is 1. The first kappa shape index (κ1) is 18.4. The van der Waals surface area contributed by atoms with Gasteiger partial charge in [0, 0.05) is 5.69 Å². The number of amides is 3. The van der Waals surface area contributed by atoms with Gasteiger partial charge >= 0.3 is 12.0 Å². The van der Waals surface area contributed by atoms with Crippen molar-refractivity contribution in [3.05, 3.63) is 24.3 Å². The molecular weight excluding hydrogens is 328 g/mol. The van der Waals surface area contributed by atoms with Crippen molar-refractivity contribution >= 4 is 33.6 Å². The third-order valence-electron chi connectivity index (χ3n) is 2.51. The maximum atomic E-state index is 11.6. The number of ether oxygens (including phenoxy) is 1. The molecular formula is C12H16N4O6S. The Labute approximate surface area is 132 Å². The van der Waals surface area contributed by atoms with Gasteiger partial charge in [0.1, 0.15) is 6.54 Å². The molecule has 0 heterocycles. The summed E-state index contributed by atoms with van der Waals surface area (Å²) in [6.45, 7) is -0.647. The zero-order valence-corrected chi connectivity index (χ0v) is 13.0. The van der Waals surface area contributed by atoms with E-state index in [-0.39, 0.29) is 18.0 Å². The summed E-state index contributed by atoms with van der Waals surface area (Å²) < 4.78 is 26.5. The van der Waals surface area contributed by atoms with Gasteiger partial charge in [0.25, 0.3) is 0 Å². The fraction of sp³-hybridized carbons (Fsp3) is 0.250. The van der Waals surface area contributed by atoms with Crippen LogP contribution in [0, 0.1) is 0 Å². The first-order valence-electron chi connectivity index (χ1n) is 6.23. The van der Waals surface area contributed by atoms with Crippen LogP contribution in [0.25, 0.3) is 0 Å². The number of primary sulfonamides is 1. The molecule has 126 valence electrons. The molecule has 5 N–H and O–H groups in total. The predicted octanol–water partition coefficient (Wildman–Crippen LogP) is -1.26. The number of hydrogen-bond donors (Lipinski definition) is 4. The molecule has 0 aliphatic carbocycles. The molecule has 0 aliphatic rings. The summed E-state index contributed by atoms with van der Waals surface area (Å²) in [7, 11) is -2.62. The highest BCUT2D eigenvalue weighted by Gasteiger charge is 2.09. The van der Waals surface area contributed by atoms with E-state index in [0.717, 1.165) is 0 Å². The molecule has 0 radical (unpaired) electrons. The normalized spacial score (nSPS) is 10.5. The number of nitrogens with one attached hydrogen (secondary N) is 3. The molecule has 0 bridgehead atoms. The summed E-state index contributed by atoms with van der Waals surface area (Å²) in [5.41, 5.74) is 0.310. The van der Waals surface area contributed by atoms with Crippen LogP contribution in [0.2, 0.25) is 0 Å². The molecule has 1 rings (SSSR count). The van der Waals surface area contributed by atoms with Crippen molar-refractivity contribution in [1.29, 1.82) is 0 Å². The van der Waals surface area contributed by atoms with Crippen molar-refractivity contribution in [3.8, 4) is 0 Å². The Morgan fingerprint density at radius 2 is 1.70 bits per heavy atom. The van der Waals surface area contributed by atoms with Crippen LogP contribution in [-0.4, -0.2) is 46.5 Å². The van der Waals surface area contributed by atoms with Crippen LogP contribution in [0.3, 0.4) is 0 Å². The number of esters is 1. The SMILES string of the molecule is COC(=O)CNC(=O)CNC(=O)Nc1ccc(S(N)(=O)=O)cc1. The van der Waals surface area contributed by atoms with Crippen LogP contribution >= 0.6 is 0 Å². The minimum atomic E-state index is -3.80. The van der Waals surface area contributed by atoms with E-state index in [1.165, 1.54) is 31.4 Å². The summed E-state index contributed by atoms with van der Waals surface area (Å²) in [5.74, 6) is -1.19. The summed E-state index contributed by atoms with van der Waals surface area (Å²) in [5, 5.41) is 11.8. The molecule has 0 aromatic heterocycles. The van der Waals surface area contributed by atoms with Gasteiger partial charge in [-0.15, -0.1) is 0 Å². The van der Waals surface area contributed by atoms with Gasteiger partial charge in [0.05, 0.1) is 18.6 Å². The second-order valence-corrected chi connectivity index (χ2v) is 5.79. The predicted molar refractivity (Wildman–Crippen MR) is 79.9 cm³/mol. The molecule has 0 fully saturated rings. The lowest BCUT2D eigenvalue weighted by molar-refractivity contribution is -0.141. The first-order valence-corrected chi connectivity index (χ1v) is 7.78. The van der Waals surface area contributed by atoms with Gasteiger partial charge in [0.2, 0.25) is 15.9 Å². The van der Waals surface area contributed by atoms with E-state index < -0.39 is 27.9 Å². The third-order valence-corrected chi connectivity index (χ3v) is 3.44. The highest BCUT2D eigenvalue weighted by atomic mass is 32.2. The second kappa shape index (κ2) is 8.10. The summed E-state index contributed by atoms with van der Waals surface area (Å²) in [6, 6.07) is 4.47. The zero-order valence-electron chi connectivity index (χ0n) is 12.2. The van der Waals surface area contributed by atoms with Crippen molar-refractivity contribution in [2.45, 2.75) is 4.90 Å². The smallest absolute Gasteiger partial charge is 0.325 e. The van der Waals surface area contributed by atoms with Crippen LogP contribution in [0.1, 0.15) is 0 Å². The molecule has 1 aromatic carbocycles. The van der Waals surface area contributed by atoms with Crippen molar-refractivity contribution in [3.63, 3.8) is 0 Å². The van der Waals surface area contributed by atoms with Crippen molar-refractivity contribution in [2.75, 3.05) is 25.5 Å². The monoisotopic (exact) mass is 344 g/mol. The molecule has 0 atom stereocenters. The standard InChI is InChI=1S/C12H16N4O6S/c1-22-11(18)7-14-10(17)6-15-12(19)16-8-2-4-9(5-3-8)23(13,20)21/h2-5H,6-7H2,1H3,(H,14,17)(H2,13,20,21)(H2,15,16,19). The Balaban J connectivity index is 2.42. The molecule has 0 aliphatic heterocycles. The number of benzene rings is 1. The molecule has 0 saturated carbocycles. The van der Waals surface area contributed by atoms with Crippen molar-refractivity contribution in [2.24, 2.45) is 5.14 Å². The summed E-state index contributed by atoms with van der Waals surface area (Å²) >= 11 is 0. The number of carbonyl (C=O) groups excluding carboxylic acids is 3. The summed E-state index contributed by atoms with van der Waals surface area (Å²) in [4.78, 5) is 33.6. The molecule has 11 heteroatoms.